The van der Waals surface area contributed by atoms with E-state index in [4.69, 9.17) is 25.8 Å². The summed E-state index contributed by atoms with van der Waals surface area (Å²) in [6.07, 6.45) is 0. The number of nitrogens with one attached hydrogen (secondary N) is 1. The first-order chi connectivity index (χ1) is 16.0. The van der Waals surface area contributed by atoms with Crippen LogP contribution in [0.15, 0.2) is 47.6 Å². The van der Waals surface area contributed by atoms with Crippen molar-refractivity contribution >= 4 is 29.3 Å². The molecule has 1 N–H and O–H groups in total. The number of aryl methyl sites for hydroxylation is 1. The van der Waals surface area contributed by atoms with E-state index in [0.717, 1.165) is 17.0 Å². The summed E-state index contributed by atoms with van der Waals surface area (Å²) >= 11 is 7.66. The zero-order valence-electron chi connectivity index (χ0n) is 18.8. The number of aromatic nitrogens is 3. The van der Waals surface area contributed by atoms with Crippen LogP contribution in [-0.4, -0.2) is 53.3 Å². The summed E-state index contributed by atoms with van der Waals surface area (Å²) in [4.78, 5) is 12.1. The molecule has 3 rings (SSSR count). The molecule has 2 aromatic carbocycles. The van der Waals surface area contributed by atoms with Crippen LogP contribution < -0.4 is 14.8 Å². The zero-order chi connectivity index (χ0) is 23.6. The minimum atomic E-state index is -0.110. The van der Waals surface area contributed by atoms with Crippen molar-refractivity contribution < 1.29 is 19.0 Å². The highest BCUT2D eigenvalue weighted by molar-refractivity contribution is 7.99. The van der Waals surface area contributed by atoms with Gasteiger partial charge in [0, 0.05) is 18.7 Å². The molecule has 3 aromatic rings. The lowest BCUT2D eigenvalue weighted by Gasteiger charge is -2.12. The molecule has 0 saturated heterocycles. The second-order valence-electron chi connectivity index (χ2n) is 6.99. The highest BCUT2D eigenvalue weighted by atomic mass is 35.5. The van der Waals surface area contributed by atoms with E-state index in [1.54, 1.807) is 7.11 Å². The topological polar surface area (TPSA) is 87.5 Å². The smallest absolute Gasteiger partial charge is 0.230 e. The number of nitrogens with zero attached hydrogens (tertiary/aromatic N) is 3. The van der Waals surface area contributed by atoms with Gasteiger partial charge in [-0.05, 0) is 55.8 Å². The minimum Gasteiger partial charge on any atom is -0.494 e. The molecule has 1 amide bonds. The van der Waals surface area contributed by atoms with Gasteiger partial charge in [0.1, 0.15) is 18.1 Å². The summed E-state index contributed by atoms with van der Waals surface area (Å²) in [5, 5.41) is 12.6. The Hall–Kier alpha value is -2.75. The fourth-order valence-electron chi connectivity index (χ4n) is 2.89. The maximum Gasteiger partial charge on any atom is 0.230 e. The molecule has 1 heterocycles. The monoisotopic (exact) mass is 490 g/mol. The average molecular weight is 491 g/mol. The number of carbonyl (C=O) groups is 1. The third kappa shape index (κ3) is 7.12. The SMILES string of the molecule is CCOc1ccc(OCc2nnc(SCC(=O)NCCOC)n2-c2ccc(C)c(Cl)c2)cc1. The van der Waals surface area contributed by atoms with Gasteiger partial charge >= 0.3 is 0 Å². The van der Waals surface area contributed by atoms with E-state index in [9.17, 15) is 4.79 Å². The van der Waals surface area contributed by atoms with Crippen LogP contribution in [0.25, 0.3) is 5.69 Å². The van der Waals surface area contributed by atoms with Gasteiger partial charge in [-0.25, -0.2) is 0 Å². The molecule has 0 aliphatic carbocycles. The second-order valence-corrected chi connectivity index (χ2v) is 8.34. The van der Waals surface area contributed by atoms with E-state index in [2.05, 4.69) is 15.5 Å². The summed E-state index contributed by atoms with van der Waals surface area (Å²) in [6, 6.07) is 13.1. The lowest BCUT2D eigenvalue weighted by molar-refractivity contribution is -0.118. The third-order valence-corrected chi connectivity index (χ3v) is 5.91. The molecule has 0 aliphatic heterocycles. The second kappa shape index (κ2) is 12.5. The van der Waals surface area contributed by atoms with Gasteiger partial charge in [-0.1, -0.05) is 29.4 Å². The first kappa shape index (κ1) is 24.9. The fourth-order valence-corrected chi connectivity index (χ4v) is 3.86. The molecule has 0 spiro atoms. The zero-order valence-corrected chi connectivity index (χ0v) is 20.4. The van der Waals surface area contributed by atoms with Crippen LogP contribution in [0.1, 0.15) is 18.3 Å². The molecule has 176 valence electrons. The predicted molar refractivity (Wildman–Crippen MR) is 129 cm³/mol. The number of hydrogen-bond acceptors (Lipinski definition) is 7. The third-order valence-electron chi connectivity index (χ3n) is 4.58. The van der Waals surface area contributed by atoms with Gasteiger partial charge in [-0.3, -0.25) is 9.36 Å². The number of amides is 1. The maximum absolute atomic E-state index is 12.1. The van der Waals surface area contributed by atoms with Crippen LogP contribution in [0.3, 0.4) is 0 Å². The highest BCUT2D eigenvalue weighted by Crippen LogP contribution is 2.26. The standard InChI is InChI=1S/C23H27ClN4O4S/c1-4-31-18-7-9-19(10-8-18)32-14-21-26-27-23(33-15-22(29)25-11-12-30-3)28(21)17-6-5-16(2)20(24)13-17/h5-10,13H,4,11-12,14-15H2,1-3H3,(H,25,29). The molecule has 0 aliphatic rings. The Balaban J connectivity index is 1.77. The normalized spacial score (nSPS) is 10.8. The van der Waals surface area contributed by atoms with E-state index in [-0.39, 0.29) is 18.3 Å². The molecular weight excluding hydrogens is 464 g/mol. The largest absolute Gasteiger partial charge is 0.494 e. The van der Waals surface area contributed by atoms with Gasteiger partial charge in [-0.2, -0.15) is 0 Å². The van der Waals surface area contributed by atoms with Gasteiger partial charge in [0.05, 0.1) is 24.7 Å². The maximum atomic E-state index is 12.1. The summed E-state index contributed by atoms with van der Waals surface area (Å²) in [5.74, 6) is 2.14. The van der Waals surface area contributed by atoms with Crippen molar-refractivity contribution in [2.45, 2.75) is 25.6 Å². The number of rotatable bonds is 12. The van der Waals surface area contributed by atoms with Crippen LogP contribution >= 0.6 is 23.4 Å². The number of methoxy groups -OCH3 is 1. The molecule has 10 heteroatoms. The summed E-state index contributed by atoms with van der Waals surface area (Å²) < 4.78 is 18.2. The Labute approximate surface area is 202 Å². The Bertz CT molecular complexity index is 1060. The van der Waals surface area contributed by atoms with Gasteiger partial charge in [0.15, 0.2) is 11.0 Å². The van der Waals surface area contributed by atoms with E-state index >= 15 is 0 Å². The number of benzene rings is 2. The number of hydrogen-bond donors (Lipinski definition) is 1. The van der Waals surface area contributed by atoms with Crippen LogP contribution in [0.5, 0.6) is 11.5 Å². The van der Waals surface area contributed by atoms with Crippen LogP contribution in [0.2, 0.25) is 5.02 Å². The van der Waals surface area contributed by atoms with Gasteiger partial charge in [0.25, 0.3) is 0 Å². The molecule has 0 atom stereocenters. The van der Waals surface area contributed by atoms with Gasteiger partial charge < -0.3 is 19.5 Å². The molecule has 0 bridgehead atoms. The summed E-state index contributed by atoms with van der Waals surface area (Å²) in [6.45, 7) is 5.58. The van der Waals surface area contributed by atoms with Gasteiger partial charge in [0.2, 0.25) is 5.91 Å². The van der Waals surface area contributed by atoms with Crippen molar-refractivity contribution in [2.75, 3.05) is 32.6 Å². The Morgan fingerprint density at radius 3 is 2.52 bits per heavy atom. The molecule has 0 unspecified atom stereocenters. The summed E-state index contributed by atoms with van der Waals surface area (Å²) in [5.41, 5.74) is 1.76. The molecule has 0 radical (unpaired) electrons. The van der Waals surface area contributed by atoms with E-state index in [0.29, 0.717) is 41.5 Å². The highest BCUT2D eigenvalue weighted by Gasteiger charge is 2.17. The Morgan fingerprint density at radius 2 is 1.85 bits per heavy atom. The quantitative estimate of drug-likeness (QED) is 0.302. The van der Waals surface area contributed by atoms with Crippen molar-refractivity contribution in [1.29, 1.82) is 0 Å². The van der Waals surface area contributed by atoms with Crippen molar-refractivity contribution in [1.82, 2.24) is 20.1 Å². The van der Waals surface area contributed by atoms with Crippen LogP contribution in [0.4, 0.5) is 0 Å². The summed E-state index contributed by atoms with van der Waals surface area (Å²) in [7, 11) is 1.59. The number of thioether (sulfide) groups is 1. The minimum absolute atomic E-state index is 0.110. The molecule has 0 fully saturated rings. The van der Waals surface area contributed by atoms with Crippen molar-refractivity contribution in [3.63, 3.8) is 0 Å². The fraction of sp³-hybridized carbons (Fsp3) is 0.348. The molecular formula is C23H27ClN4O4S. The van der Waals surface area contributed by atoms with Gasteiger partial charge in [-0.15, -0.1) is 10.2 Å². The first-order valence-corrected chi connectivity index (χ1v) is 11.8. The lowest BCUT2D eigenvalue weighted by atomic mass is 10.2. The van der Waals surface area contributed by atoms with Crippen LogP contribution in [0, 0.1) is 6.92 Å². The average Bonchev–Trinajstić information content (AvgIpc) is 3.22. The number of halogens is 1. The molecule has 33 heavy (non-hydrogen) atoms. The lowest BCUT2D eigenvalue weighted by Crippen LogP contribution is -2.28. The Morgan fingerprint density at radius 1 is 1.12 bits per heavy atom. The van der Waals surface area contributed by atoms with Crippen molar-refractivity contribution in [3.05, 3.63) is 58.9 Å². The van der Waals surface area contributed by atoms with Crippen molar-refractivity contribution in [3.8, 4) is 17.2 Å². The Kier molecular flexibility index (Phi) is 9.41. The first-order valence-electron chi connectivity index (χ1n) is 10.5. The molecule has 0 saturated carbocycles. The van der Waals surface area contributed by atoms with E-state index < -0.39 is 0 Å². The molecule has 1 aromatic heterocycles. The predicted octanol–water partition coefficient (Wildman–Crippen LogP) is 4.06. The molecule has 8 nitrogen and oxygen atoms in total. The number of ether oxygens (including phenoxy) is 3. The van der Waals surface area contributed by atoms with Crippen molar-refractivity contribution in [2.24, 2.45) is 0 Å². The number of carbonyl (C=O) groups excluding carboxylic acids is 1. The van der Waals surface area contributed by atoms with E-state index in [1.165, 1.54) is 11.8 Å². The van der Waals surface area contributed by atoms with Crippen LogP contribution in [-0.2, 0) is 16.1 Å². The van der Waals surface area contributed by atoms with E-state index in [1.807, 2.05) is 60.9 Å².